The Kier molecular flexibility index (Phi) is 3.66. The van der Waals surface area contributed by atoms with Gasteiger partial charge in [-0.15, -0.1) is 0 Å². The molecular weight excluding hydrogens is 307 g/mol. The molecule has 0 saturated carbocycles. The van der Waals surface area contributed by atoms with Crippen molar-refractivity contribution in [2.45, 2.75) is 31.0 Å². The van der Waals surface area contributed by atoms with Gasteiger partial charge in [-0.1, -0.05) is 0 Å². The first-order valence-corrected chi connectivity index (χ1v) is 6.89. The van der Waals surface area contributed by atoms with E-state index in [-0.39, 0.29) is 5.82 Å². The maximum Gasteiger partial charge on any atom is 0.181 e. The second-order valence-corrected chi connectivity index (χ2v) is 5.53. The minimum Gasteiger partial charge on any atom is -0.394 e. The van der Waals surface area contributed by atoms with E-state index in [9.17, 15) is 14.6 Å². The fourth-order valence-corrected chi connectivity index (χ4v) is 2.86. The van der Waals surface area contributed by atoms with Gasteiger partial charge >= 0.3 is 0 Å². The van der Waals surface area contributed by atoms with Crippen molar-refractivity contribution in [3.8, 4) is 0 Å². The van der Waals surface area contributed by atoms with Crippen molar-refractivity contribution in [2.75, 3.05) is 12.3 Å². The van der Waals surface area contributed by atoms with Crippen LogP contribution in [0.4, 0.5) is 10.2 Å². The number of halogens is 1. The molecule has 3 heterocycles. The van der Waals surface area contributed by atoms with E-state index >= 15 is 0 Å². The Morgan fingerprint density at radius 2 is 2.30 bits per heavy atom. The van der Waals surface area contributed by atoms with Crippen LogP contribution in [-0.2, 0) is 4.74 Å². The molecule has 0 aromatic carbocycles. The molecule has 1 fully saturated rings. The minimum absolute atomic E-state index is 0.182. The average molecular weight is 324 g/mol. The number of aliphatic hydroxyl groups is 2. The molecule has 0 aliphatic carbocycles. The van der Waals surface area contributed by atoms with E-state index in [2.05, 4.69) is 15.1 Å². The van der Waals surface area contributed by atoms with Crippen molar-refractivity contribution in [3.63, 3.8) is 0 Å². The number of ether oxygens (including phenoxy) is 1. The van der Waals surface area contributed by atoms with E-state index in [1.54, 1.807) is 0 Å². The third-order valence-corrected chi connectivity index (χ3v) is 4.03. The van der Waals surface area contributed by atoms with Crippen molar-refractivity contribution < 1.29 is 19.3 Å². The van der Waals surface area contributed by atoms with Gasteiger partial charge in [0.25, 0.3) is 0 Å². The molecule has 124 valence electrons. The van der Waals surface area contributed by atoms with Crippen molar-refractivity contribution in [3.05, 3.63) is 18.1 Å². The Morgan fingerprint density at radius 1 is 1.57 bits per heavy atom. The summed E-state index contributed by atoms with van der Waals surface area (Å²) in [7, 11) is 0. The molecule has 2 aromatic rings. The molecule has 1 saturated heterocycles. The maximum atomic E-state index is 15.0. The molecule has 0 amide bonds. The molecule has 6 N–H and O–H groups in total. The molecule has 23 heavy (non-hydrogen) atoms. The third-order valence-electron chi connectivity index (χ3n) is 4.03. The number of fused-ring (bicyclic) bond motifs is 1. The number of nitrogens with two attached hydrogens (primary N) is 2. The van der Waals surface area contributed by atoms with Gasteiger partial charge in [-0.2, -0.15) is 5.10 Å². The first-order valence-electron chi connectivity index (χ1n) is 6.89. The second kappa shape index (κ2) is 5.41. The Bertz CT molecular complexity index is 761. The van der Waals surface area contributed by atoms with Crippen molar-refractivity contribution >= 4 is 23.1 Å². The molecule has 4 atom stereocenters. The highest BCUT2D eigenvalue weighted by molar-refractivity contribution is 6.02. The quantitative estimate of drug-likeness (QED) is 0.331. The normalized spacial score (nSPS) is 31.4. The second-order valence-electron chi connectivity index (χ2n) is 5.53. The van der Waals surface area contributed by atoms with Crippen molar-refractivity contribution in [1.29, 1.82) is 0 Å². The van der Waals surface area contributed by atoms with E-state index in [1.807, 2.05) is 0 Å². The zero-order valence-corrected chi connectivity index (χ0v) is 12.3. The van der Waals surface area contributed by atoms with Gasteiger partial charge in [0.15, 0.2) is 11.9 Å². The number of nitrogen functional groups attached to an aromatic ring is 1. The summed E-state index contributed by atoms with van der Waals surface area (Å²) in [6, 6.07) is 0. The smallest absolute Gasteiger partial charge is 0.181 e. The lowest BCUT2D eigenvalue weighted by molar-refractivity contribution is -0.0564. The highest BCUT2D eigenvalue weighted by atomic mass is 19.1. The summed E-state index contributed by atoms with van der Waals surface area (Å²) in [4.78, 5) is 8.01. The van der Waals surface area contributed by atoms with Crippen LogP contribution in [0.5, 0.6) is 0 Å². The molecular formula is C13H17FN6O3. The summed E-state index contributed by atoms with van der Waals surface area (Å²) in [5.41, 5.74) is 4.51. The predicted octanol–water partition coefficient (Wildman–Crippen LogP) is -0.715. The summed E-state index contributed by atoms with van der Waals surface area (Å²) >= 11 is 0. The van der Waals surface area contributed by atoms with Gasteiger partial charge in [0.2, 0.25) is 0 Å². The van der Waals surface area contributed by atoms with Crippen LogP contribution < -0.4 is 11.6 Å². The third kappa shape index (κ3) is 2.22. The number of rotatable bonds is 3. The van der Waals surface area contributed by atoms with Crippen LogP contribution >= 0.6 is 0 Å². The number of hydrogen-bond acceptors (Lipinski definition) is 8. The number of hydrogen-bond donors (Lipinski definition) is 4. The van der Waals surface area contributed by atoms with Gasteiger partial charge in [-0.3, -0.25) is 0 Å². The van der Waals surface area contributed by atoms with Crippen LogP contribution in [0, 0.1) is 0 Å². The van der Waals surface area contributed by atoms with Gasteiger partial charge in [-0.05, 0) is 6.92 Å². The van der Waals surface area contributed by atoms with Gasteiger partial charge in [-0.25, -0.2) is 14.4 Å². The topological polar surface area (TPSA) is 145 Å². The largest absolute Gasteiger partial charge is 0.394 e. The van der Waals surface area contributed by atoms with Gasteiger partial charge in [0.1, 0.15) is 30.0 Å². The molecule has 3 rings (SSSR count). The van der Waals surface area contributed by atoms with Gasteiger partial charge in [0.05, 0.1) is 18.2 Å². The monoisotopic (exact) mass is 324 g/mol. The van der Waals surface area contributed by atoms with E-state index in [4.69, 9.17) is 16.3 Å². The molecule has 10 heteroatoms. The predicted molar refractivity (Wildman–Crippen MR) is 80.2 cm³/mol. The average Bonchev–Trinajstić information content (AvgIpc) is 2.97. The fourth-order valence-electron chi connectivity index (χ4n) is 2.86. The Morgan fingerprint density at radius 3 is 2.91 bits per heavy atom. The first kappa shape index (κ1) is 15.6. The molecule has 2 unspecified atom stereocenters. The fraction of sp³-hybridized carbons (Fsp3) is 0.462. The van der Waals surface area contributed by atoms with Crippen LogP contribution in [0.25, 0.3) is 11.0 Å². The molecule has 1 aliphatic rings. The number of aromatic nitrogens is 3. The number of aliphatic hydroxyl groups excluding tert-OH is 2. The van der Waals surface area contributed by atoms with Crippen molar-refractivity contribution in [1.82, 2.24) is 14.5 Å². The molecule has 0 radical (unpaired) electrons. The maximum absolute atomic E-state index is 15.0. The lowest BCUT2D eigenvalue weighted by Crippen LogP contribution is -2.40. The number of hydrazone groups is 1. The standard InChI is InChI=1S/C13H17FN6O3/c1-13(14)9(22)7(4-21)23-12(13)20-3-6(2-19-16)8-10(15)17-5-18-11(8)20/h2-3,5,7,9,12,21-22H,4,16H2,1H3,(H2,15,17,18)/b19-2+/t7?,9?,12-,13-/m1/s1. The van der Waals surface area contributed by atoms with Crippen LogP contribution in [0.1, 0.15) is 18.7 Å². The summed E-state index contributed by atoms with van der Waals surface area (Å²) in [6.45, 7) is 0.690. The molecule has 0 spiro atoms. The van der Waals surface area contributed by atoms with Crippen LogP contribution in [-0.4, -0.2) is 55.4 Å². The van der Waals surface area contributed by atoms with E-state index in [1.165, 1.54) is 30.2 Å². The van der Waals surface area contributed by atoms with Gasteiger partial charge in [0, 0.05) is 11.8 Å². The van der Waals surface area contributed by atoms with Crippen molar-refractivity contribution in [2.24, 2.45) is 10.9 Å². The summed E-state index contributed by atoms with van der Waals surface area (Å²) < 4.78 is 21.8. The molecule has 1 aliphatic heterocycles. The minimum atomic E-state index is -2.14. The van der Waals surface area contributed by atoms with Crippen LogP contribution in [0.2, 0.25) is 0 Å². The lowest BCUT2D eigenvalue weighted by atomic mass is 9.98. The summed E-state index contributed by atoms with van der Waals surface area (Å²) in [5, 5.41) is 23.1. The van der Waals surface area contributed by atoms with E-state index in [0.717, 1.165) is 0 Å². The molecule has 9 nitrogen and oxygen atoms in total. The highest BCUT2D eigenvalue weighted by Gasteiger charge is 2.55. The first-order chi connectivity index (χ1) is 10.9. The van der Waals surface area contributed by atoms with E-state index in [0.29, 0.717) is 16.6 Å². The highest BCUT2D eigenvalue weighted by Crippen LogP contribution is 2.43. The Labute approximate surface area is 130 Å². The summed E-state index contributed by atoms with van der Waals surface area (Å²) in [5.74, 6) is 5.37. The Balaban J connectivity index is 2.19. The number of anilines is 1. The number of nitrogens with zero attached hydrogens (tertiary/aromatic N) is 4. The van der Waals surface area contributed by atoms with Gasteiger partial charge < -0.3 is 31.1 Å². The van der Waals surface area contributed by atoms with Crippen LogP contribution in [0.15, 0.2) is 17.6 Å². The Hall–Kier alpha value is -2.30. The zero-order chi connectivity index (χ0) is 16.8. The van der Waals surface area contributed by atoms with Crippen LogP contribution in [0.3, 0.4) is 0 Å². The van der Waals surface area contributed by atoms with E-state index < -0.39 is 30.7 Å². The zero-order valence-electron chi connectivity index (χ0n) is 12.3. The SMILES string of the molecule is C[C@@]1(F)C(O)C(CO)O[C@H]1n1cc(/C=N/N)c2c(N)ncnc21. The lowest BCUT2D eigenvalue weighted by Gasteiger charge is -2.25. The number of alkyl halides is 1. The molecule has 0 bridgehead atoms. The molecule has 2 aromatic heterocycles. The summed E-state index contributed by atoms with van der Waals surface area (Å²) in [6.07, 6.45) is 0.358.